The van der Waals surface area contributed by atoms with Crippen LogP contribution in [0.2, 0.25) is 0 Å². The third-order valence-electron chi connectivity index (χ3n) is 5.16. The number of carbonyl (C=O) groups excluding carboxylic acids is 2. The van der Waals surface area contributed by atoms with Crippen molar-refractivity contribution in [2.45, 2.75) is 25.8 Å². The molecule has 9 heteroatoms. The highest BCUT2D eigenvalue weighted by atomic mass is 19.1. The van der Waals surface area contributed by atoms with E-state index in [-0.39, 0.29) is 23.5 Å². The summed E-state index contributed by atoms with van der Waals surface area (Å²) in [5, 5.41) is 6.81. The highest BCUT2D eigenvalue weighted by molar-refractivity contribution is 5.83. The van der Waals surface area contributed by atoms with Crippen molar-refractivity contribution >= 4 is 11.8 Å². The molecule has 2 amide bonds. The van der Waals surface area contributed by atoms with E-state index in [0.29, 0.717) is 56.2 Å². The lowest BCUT2D eigenvalue weighted by molar-refractivity contribution is -0.138. The fourth-order valence-corrected chi connectivity index (χ4v) is 3.54. The van der Waals surface area contributed by atoms with Crippen LogP contribution in [0.15, 0.2) is 53.3 Å². The first-order chi connectivity index (χ1) is 15.1. The molecule has 1 fully saturated rings. The Labute approximate surface area is 178 Å². The van der Waals surface area contributed by atoms with E-state index in [1.807, 2.05) is 6.07 Å². The lowest BCUT2D eigenvalue weighted by atomic mass is 9.96. The summed E-state index contributed by atoms with van der Waals surface area (Å²) in [6, 6.07) is 9.77. The van der Waals surface area contributed by atoms with Crippen molar-refractivity contribution in [1.82, 2.24) is 25.3 Å². The molecule has 0 aliphatic carbocycles. The SMILES string of the molecule is O=C(NCCc1nc(-c2cccnc2)no1)C1CCC(=O)N(Cc2cccc(F)c2)C1. The van der Waals surface area contributed by atoms with Crippen molar-refractivity contribution in [3.05, 3.63) is 66.1 Å². The Balaban J connectivity index is 1.27. The van der Waals surface area contributed by atoms with Crippen molar-refractivity contribution < 1.29 is 18.5 Å². The summed E-state index contributed by atoms with van der Waals surface area (Å²) in [6.07, 6.45) is 4.51. The number of aromatic nitrogens is 3. The van der Waals surface area contributed by atoms with E-state index < -0.39 is 0 Å². The van der Waals surface area contributed by atoms with E-state index in [1.165, 1.54) is 12.1 Å². The van der Waals surface area contributed by atoms with Crippen LogP contribution in [0.1, 0.15) is 24.3 Å². The predicted molar refractivity (Wildman–Crippen MR) is 109 cm³/mol. The Morgan fingerprint density at radius 3 is 3.00 bits per heavy atom. The molecule has 1 saturated heterocycles. The van der Waals surface area contributed by atoms with Gasteiger partial charge in [0.15, 0.2) is 0 Å². The van der Waals surface area contributed by atoms with E-state index in [4.69, 9.17) is 4.52 Å². The quantitative estimate of drug-likeness (QED) is 0.626. The normalized spacial score (nSPS) is 16.4. The van der Waals surface area contributed by atoms with Gasteiger partial charge in [-0.15, -0.1) is 0 Å². The second kappa shape index (κ2) is 9.46. The van der Waals surface area contributed by atoms with Gasteiger partial charge in [0.1, 0.15) is 5.82 Å². The summed E-state index contributed by atoms with van der Waals surface area (Å²) in [7, 11) is 0. The minimum Gasteiger partial charge on any atom is -0.355 e. The molecule has 0 bridgehead atoms. The summed E-state index contributed by atoms with van der Waals surface area (Å²) < 4.78 is 18.6. The minimum absolute atomic E-state index is 0.0258. The topological polar surface area (TPSA) is 101 Å². The Bertz CT molecular complexity index is 1060. The maximum Gasteiger partial charge on any atom is 0.228 e. The molecular formula is C22H22FN5O3. The lowest BCUT2D eigenvalue weighted by Crippen LogP contribution is -2.45. The Kier molecular flexibility index (Phi) is 6.30. The van der Waals surface area contributed by atoms with Gasteiger partial charge in [0, 0.05) is 50.4 Å². The zero-order chi connectivity index (χ0) is 21.6. The van der Waals surface area contributed by atoms with Crippen LogP contribution in [-0.2, 0) is 22.6 Å². The number of nitrogens with zero attached hydrogens (tertiary/aromatic N) is 4. The number of carbonyl (C=O) groups is 2. The van der Waals surface area contributed by atoms with Gasteiger partial charge in [0.05, 0.1) is 5.92 Å². The minimum atomic E-state index is -0.344. The maximum absolute atomic E-state index is 13.4. The van der Waals surface area contributed by atoms with Crippen LogP contribution in [0.4, 0.5) is 4.39 Å². The zero-order valence-electron chi connectivity index (χ0n) is 16.8. The molecule has 3 aromatic rings. The van der Waals surface area contributed by atoms with Gasteiger partial charge in [-0.05, 0) is 36.2 Å². The van der Waals surface area contributed by atoms with Gasteiger partial charge in [0.25, 0.3) is 0 Å². The van der Waals surface area contributed by atoms with Crippen molar-refractivity contribution in [1.29, 1.82) is 0 Å². The molecule has 1 aliphatic rings. The molecular weight excluding hydrogens is 401 g/mol. The number of hydrogen-bond donors (Lipinski definition) is 1. The predicted octanol–water partition coefficient (Wildman–Crippen LogP) is 2.37. The summed E-state index contributed by atoms with van der Waals surface area (Å²) >= 11 is 0. The molecule has 1 N–H and O–H groups in total. The first-order valence-electron chi connectivity index (χ1n) is 10.1. The van der Waals surface area contributed by atoms with E-state index in [1.54, 1.807) is 35.5 Å². The Morgan fingerprint density at radius 2 is 2.19 bits per heavy atom. The molecule has 1 aliphatic heterocycles. The molecule has 1 atom stereocenters. The maximum atomic E-state index is 13.4. The summed E-state index contributed by atoms with van der Waals surface area (Å²) in [6.45, 7) is 0.953. The van der Waals surface area contributed by atoms with Crippen LogP contribution in [0, 0.1) is 11.7 Å². The molecule has 0 spiro atoms. The smallest absolute Gasteiger partial charge is 0.228 e. The standard InChI is InChI=1S/C22H22FN5O3/c23-18-5-1-3-15(11-18)13-28-14-17(6-7-20(28)29)22(30)25-10-8-19-26-21(27-31-19)16-4-2-9-24-12-16/h1-5,9,11-12,17H,6-8,10,13-14H2,(H,25,30). The number of rotatable bonds is 7. The van der Waals surface area contributed by atoms with E-state index >= 15 is 0 Å². The number of hydrogen-bond acceptors (Lipinski definition) is 6. The van der Waals surface area contributed by atoms with Gasteiger partial charge in [-0.3, -0.25) is 14.6 Å². The molecule has 4 rings (SSSR count). The molecule has 8 nitrogen and oxygen atoms in total. The van der Waals surface area contributed by atoms with Crippen LogP contribution < -0.4 is 5.32 Å². The largest absolute Gasteiger partial charge is 0.355 e. The number of nitrogens with one attached hydrogen (secondary N) is 1. The van der Waals surface area contributed by atoms with Crippen LogP contribution in [0.5, 0.6) is 0 Å². The van der Waals surface area contributed by atoms with Crippen LogP contribution in [0.25, 0.3) is 11.4 Å². The van der Waals surface area contributed by atoms with Gasteiger partial charge >= 0.3 is 0 Å². The van der Waals surface area contributed by atoms with Crippen molar-refractivity contribution in [3.63, 3.8) is 0 Å². The van der Waals surface area contributed by atoms with E-state index in [0.717, 1.165) is 5.56 Å². The molecule has 3 heterocycles. The van der Waals surface area contributed by atoms with Gasteiger partial charge in [-0.1, -0.05) is 17.3 Å². The number of pyridine rings is 1. The zero-order valence-corrected chi connectivity index (χ0v) is 16.8. The van der Waals surface area contributed by atoms with Gasteiger partial charge in [0.2, 0.25) is 23.5 Å². The van der Waals surface area contributed by atoms with Crippen molar-refractivity contribution in [3.8, 4) is 11.4 Å². The fourth-order valence-electron chi connectivity index (χ4n) is 3.54. The number of likely N-dealkylation sites (tertiary alicyclic amines) is 1. The lowest BCUT2D eigenvalue weighted by Gasteiger charge is -2.32. The summed E-state index contributed by atoms with van der Waals surface area (Å²) in [5.74, 6) is 0.0774. The van der Waals surface area contributed by atoms with Crippen LogP contribution in [0.3, 0.4) is 0 Å². The third kappa shape index (κ3) is 5.30. The first-order valence-corrected chi connectivity index (χ1v) is 10.1. The number of benzene rings is 1. The molecule has 31 heavy (non-hydrogen) atoms. The number of piperidine rings is 1. The Morgan fingerprint density at radius 1 is 1.29 bits per heavy atom. The van der Waals surface area contributed by atoms with Crippen LogP contribution >= 0.6 is 0 Å². The number of amides is 2. The van der Waals surface area contributed by atoms with E-state index in [9.17, 15) is 14.0 Å². The van der Waals surface area contributed by atoms with Crippen molar-refractivity contribution in [2.24, 2.45) is 5.92 Å². The second-order valence-electron chi connectivity index (χ2n) is 7.43. The average Bonchev–Trinajstić information content (AvgIpc) is 3.25. The average molecular weight is 423 g/mol. The molecule has 2 aromatic heterocycles. The molecule has 0 saturated carbocycles. The van der Waals surface area contributed by atoms with E-state index in [2.05, 4.69) is 20.4 Å². The van der Waals surface area contributed by atoms with Gasteiger partial charge in [-0.25, -0.2) is 4.39 Å². The number of halogens is 1. The Hall–Kier alpha value is -3.62. The van der Waals surface area contributed by atoms with Crippen LogP contribution in [-0.4, -0.2) is 44.9 Å². The van der Waals surface area contributed by atoms with Gasteiger partial charge < -0.3 is 14.7 Å². The molecule has 0 radical (unpaired) electrons. The molecule has 1 unspecified atom stereocenters. The first kappa shape index (κ1) is 20.6. The van der Waals surface area contributed by atoms with Crippen molar-refractivity contribution in [2.75, 3.05) is 13.1 Å². The van der Waals surface area contributed by atoms with Gasteiger partial charge in [-0.2, -0.15) is 4.98 Å². The fraction of sp³-hybridized carbons (Fsp3) is 0.318. The molecule has 1 aromatic carbocycles. The monoisotopic (exact) mass is 423 g/mol. The second-order valence-corrected chi connectivity index (χ2v) is 7.43. The highest BCUT2D eigenvalue weighted by Crippen LogP contribution is 2.20. The third-order valence-corrected chi connectivity index (χ3v) is 5.16. The summed E-state index contributed by atoms with van der Waals surface area (Å²) in [5.41, 5.74) is 1.46. The molecule has 160 valence electrons. The highest BCUT2D eigenvalue weighted by Gasteiger charge is 2.30. The summed E-state index contributed by atoms with van der Waals surface area (Å²) in [4.78, 5) is 34.8.